The summed E-state index contributed by atoms with van der Waals surface area (Å²) < 4.78 is 0. The van der Waals surface area contributed by atoms with Crippen molar-refractivity contribution in [3.63, 3.8) is 0 Å². The molecular weight excluding hydrogens is 418 g/mol. The van der Waals surface area contributed by atoms with E-state index in [0.29, 0.717) is 19.4 Å². The standard InChI is InChI=1S/C21H37N5O6/c1-12(2)18(25-15(27)9-11-26-16(28)7-8-17(26)29)20(31)24-14(19(30)13(3)4)6-5-10-23-21(22)32/h7-8,12-14,16,18,21,23,28,32H,5-6,9-11,22H2,1-4H3,(H,24,31)(H,25,27)/t14-,16?,18-,21?/m0/s1. The number of hydrogen-bond donors (Lipinski definition) is 6. The van der Waals surface area contributed by atoms with Crippen LogP contribution in [-0.2, 0) is 19.2 Å². The monoisotopic (exact) mass is 455 g/mol. The summed E-state index contributed by atoms with van der Waals surface area (Å²) in [5, 5.41) is 26.8. The maximum Gasteiger partial charge on any atom is 0.248 e. The van der Waals surface area contributed by atoms with Crippen LogP contribution in [0, 0.1) is 11.8 Å². The van der Waals surface area contributed by atoms with Gasteiger partial charge in [-0.25, -0.2) is 0 Å². The smallest absolute Gasteiger partial charge is 0.248 e. The van der Waals surface area contributed by atoms with Crippen molar-refractivity contribution in [3.8, 4) is 0 Å². The minimum Gasteiger partial charge on any atom is -0.370 e. The lowest BCUT2D eigenvalue weighted by molar-refractivity contribution is -0.134. The average molecular weight is 456 g/mol. The summed E-state index contributed by atoms with van der Waals surface area (Å²) in [7, 11) is 0. The predicted octanol–water partition coefficient (Wildman–Crippen LogP) is -1.45. The Balaban J connectivity index is 2.69. The first kappa shape index (κ1) is 27.7. The van der Waals surface area contributed by atoms with E-state index in [2.05, 4.69) is 16.0 Å². The second-order valence-electron chi connectivity index (χ2n) is 8.50. The Morgan fingerprint density at radius 1 is 1.19 bits per heavy atom. The van der Waals surface area contributed by atoms with Gasteiger partial charge in [-0.15, -0.1) is 0 Å². The maximum atomic E-state index is 12.9. The third-order valence-electron chi connectivity index (χ3n) is 5.11. The molecule has 0 saturated heterocycles. The van der Waals surface area contributed by atoms with Gasteiger partial charge in [0.2, 0.25) is 17.7 Å². The van der Waals surface area contributed by atoms with Crippen LogP contribution in [0.4, 0.5) is 0 Å². The van der Waals surface area contributed by atoms with Crippen molar-refractivity contribution >= 4 is 23.5 Å². The number of rotatable bonds is 14. The molecule has 1 rings (SSSR count). The van der Waals surface area contributed by atoms with Gasteiger partial charge >= 0.3 is 0 Å². The number of carbonyl (C=O) groups is 4. The summed E-state index contributed by atoms with van der Waals surface area (Å²) in [6.07, 6.45) is 1.12. The third-order valence-corrected chi connectivity index (χ3v) is 5.11. The second kappa shape index (κ2) is 13.3. The number of amides is 3. The molecule has 7 N–H and O–H groups in total. The van der Waals surface area contributed by atoms with Crippen molar-refractivity contribution in [2.24, 2.45) is 17.6 Å². The van der Waals surface area contributed by atoms with Gasteiger partial charge in [0.1, 0.15) is 12.3 Å². The summed E-state index contributed by atoms with van der Waals surface area (Å²) in [6, 6.07) is -1.60. The molecule has 32 heavy (non-hydrogen) atoms. The molecule has 2 unspecified atom stereocenters. The Bertz CT molecular complexity index is 694. The van der Waals surface area contributed by atoms with Crippen LogP contribution < -0.4 is 21.7 Å². The molecular formula is C21H37N5O6. The van der Waals surface area contributed by atoms with Crippen LogP contribution in [0.25, 0.3) is 0 Å². The number of aliphatic hydroxyl groups excluding tert-OH is 2. The minimum absolute atomic E-state index is 0.0136. The molecule has 0 aliphatic carbocycles. The Hall–Kier alpha value is -2.34. The largest absolute Gasteiger partial charge is 0.370 e. The highest BCUT2D eigenvalue weighted by Crippen LogP contribution is 2.11. The second-order valence-corrected chi connectivity index (χ2v) is 8.50. The minimum atomic E-state index is -1.16. The number of nitrogens with one attached hydrogen (secondary N) is 3. The van der Waals surface area contributed by atoms with Gasteiger partial charge < -0.3 is 25.7 Å². The van der Waals surface area contributed by atoms with E-state index in [1.807, 2.05) is 0 Å². The molecule has 0 aromatic heterocycles. The van der Waals surface area contributed by atoms with Crippen LogP contribution in [0.15, 0.2) is 12.2 Å². The molecule has 3 amide bonds. The number of ketones is 1. The summed E-state index contributed by atoms with van der Waals surface area (Å²) in [5.74, 6) is -1.97. The van der Waals surface area contributed by atoms with Crippen molar-refractivity contribution in [2.75, 3.05) is 13.1 Å². The average Bonchev–Trinajstić information content (AvgIpc) is 3.03. The molecule has 0 aromatic rings. The zero-order valence-corrected chi connectivity index (χ0v) is 19.2. The van der Waals surface area contributed by atoms with E-state index >= 15 is 0 Å². The summed E-state index contributed by atoms with van der Waals surface area (Å²) >= 11 is 0. The van der Waals surface area contributed by atoms with E-state index in [-0.39, 0.29) is 36.5 Å². The first-order chi connectivity index (χ1) is 14.9. The molecule has 4 atom stereocenters. The molecule has 1 aliphatic rings. The number of carbonyl (C=O) groups excluding carboxylic acids is 4. The van der Waals surface area contributed by atoms with Gasteiger partial charge in [0, 0.05) is 25.0 Å². The lowest BCUT2D eigenvalue weighted by Gasteiger charge is -2.26. The summed E-state index contributed by atoms with van der Waals surface area (Å²) in [4.78, 5) is 50.7. The van der Waals surface area contributed by atoms with Crippen LogP contribution in [0.3, 0.4) is 0 Å². The van der Waals surface area contributed by atoms with Gasteiger partial charge in [0.05, 0.1) is 6.04 Å². The lowest BCUT2D eigenvalue weighted by atomic mass is 9.96. The summed E-state index contributed by atoms with van der Waals surface area (Å²) in [6.45, 7) is 7.42. The Kier molecular flexibility index (Phi) is 11.5. The number of nitrogens with zero attached hydrogens (tertiary/aromatic N) is 1. The third kappa shape index (κ3) is 9.03. The van der Waals surface area contributed by atoms with Crippen molar-refractivity contribution in [1.29, 1.82) is 0 Å². The van der Waals surface area contributed by atoms with Gasteiger partial charge in [0.25, 0.3) is 0 Å². The molecule has 0 fully saturated rings. The quantitative estimate of drug-likeness (QED) is 0.136. The number of hydrogen-bond acceptors (Lipinski definition) is 8. The van der Waals surface area contributed by atoms with Crippen LogP contribution in [0.2, 0.25) is 0 Å². The fourth-order valence-corrected chi connectivity index (χ4v) is 3.25. The molecule has 0 bridgehead atoms. The molecule has 0 saturated carbocycles. The lowest BCUT2D eigenvalue weighted by Crippen LogP contribution is -2.54. The van der Waals surface area contributed by atoms with Crippen molar-refractivity contribution in [2.45, 2.75) is 71.6 Å². The molecule has 11 heteroatoms. The molecule has 182 valence electrons. The molecule has 1 aliphatic heterocycles. The number of aliphatic hydroxyl groups is 2. The first-order valence-corrected chi connectivity index (χ1v) is 10.9. The Labute approximate surface area is 188 Å². The van der Waals surface area contributed by atoms with Crippen molar-refractivity contribution in [3.05, 3.63) is 12.2 Å². The normalized spacial score (nSPS) is 18.7. The van der Waals surface area contributed by atoms with E-state index in [1.165, 1.54) is 12.2 Å². The summed E-state index contributed by atoms with van der Waals surface area (Å²) in [5.41, 5.74) is 5.23. The maximum absolute atomic E-state index is 12.9. The van der Waals surface area contributed by atoms with Crippen molar-refractivity contribution in [1.82, 2.24) is 20.9 Å². The van der Waals surface area contributed by atoms with Gasteiger partial charge in [-0.2, -0.15) is 0 Å². The Morgan fingerprint density at radius 3 is 2.34 bits per heavy atom. The number of nitrogens with two attached hydrogens (primary N) is 1. The van der Waals surface area contributed by atoms with Crippen LogP contribution in [-0.4, -0.2) is 76.4 Å². The predicted molar refractivity (Wildman–Crippen MR) is 117 cm³/mol. The fourth-order valence-electron chi connectivity index (χ4n) is 3.25. The first-order valence-electron chi connectivity index (χ1n) is 10.9. The Morgan fingerprint density at radius 2 is 1.84 bits per heavy atom. The molecule has 0 spiro atoms. The molecule has 0 aromatic carbocycles. The fraction of sp³-hybridized carbons (Fsp3) is 0.714. The molecule has 11 nitrogen and oxygen atoms in total. The molecule has 0 radical (unpaired) electrons. The van der Waals surface area contributed by atoms with Gasteiger partial charge in [0.15, 0.2) is 12.1 Å². The highest BCUT2D eigenvalue weighted by molar-refractivity contribution is 5.94. The van der Waals surface area contributed by atoms with Gasteiger partial charge in [-0.3, -0.25) is 30.2 Å². The van der Waals surface area contributed by atoms with Crippen LogP contribution >= 0.6 is 0 Å². The SMILES string of the molecule is CC(C)C(=O)[C@H](CCCNC(N)O)NC(=O)[C@@H](NC(=O)CCN1C(=O)C=CC1O)C(C)C. The molecule has 1 heterocycles. The van der Waals surface area contributed by atoms with Gasteiger partial charge in [-0.1, -0.05) is 27.7 Å². The van der Waals surface area contributed by atoms with Crippen LogP contribution in [0.1, 0.15) is 47.0 Å². The van der Waals surface area contributed by atoms with E-state index < -0.39 is 36.5 Å². The van der Waals surface area contributed by atoms with Crippen molar-refractivity contribution < 1.29 is 29.4 Å². The topological polar surface area (TPSA) is 174 Å². The van der Waals surface area contributed by atoms with E-state index in [0.717, 1.165) is 4.90 Å². The zero-order valence-electron chi connectivity index (χ0n) is 19.2. The van der Waals surface area contributed by atoms with E-state index in [9.17, 15) is 24.3 Å². The van der Waals surface area contributed by atoms with Crippen LogP contribution in [0.5, 0.6) is 0 Å². The van der Waals surface area contributed by atoms with E-state index in [1.54, 1.807) is 27.7 Å². The van der Waals surface area contributed by atoms with Gasteiger partial charge in [-0.05, 0) is 31.4 Å². The highest BCUT2D eigenvalue weighted by Gasteiger charge is 2.30. The zero-order chi connectivity index (χ0) is 24.4. The highest BCUT2D eigenvalue weighted by atomic mass is 16.3. The number of Topliss-reactive ketones (excluding diaryl/α,β-unsaturated/α-hetero) is 1. The van der Waals surface area contributed by atoms with E-state index in [4.69, 9.17) is 10.8 Å².